The van der Waals surface area contributed by atoms with E-state index < -0.39 is 6.04 Å². The zero-order chi connectivity index (χ0) is 18.3. The van der Waals surface area contributed by atoms with Gasteiger partial charge in [-0.3, -0.25) is 9.59 Å². The zero-order valence-electron chi connectivity index (χ0n) is 14.3. The van der Waals surface area contributed by atoms with Crippen LogP contribution in [0.1, 0.15) is 11.4 Å². The summed E-state index contributed by atoms with van der Waals surface area (Å²) in [5, 5.41) is 6.37. The number of hydrogen-bond acceptors (Lipinski definition) is 5. The van der Waals surface area contributed by atoms with Gasteiger partial charge < -0.3 is 20.4 Å². The van der Waals surface area contributed by atoms with Gasteiger partial charge in [-0.2, -0.15) is 0 Å². The van der Waals surface area contributed by atoms with E-state index in [9.17, 15) is 14.4 Å². The lowest BCUT2D eigenvalue weighted by atomic mass is 10.1. The maximum atomic E-state index is 12.5. The molecule has 26 heavy (non-hydrogen) atoms. The van der Waals surface area contributed by atoms with Crippen LogP contribution in [0.5, 0.6) is 0 Å². The van der Waals surface area contributed by atoms with Crippen molar-refractivity contribution in [2.75, 3.05) is 20.1 Å². The molecule has 1 aromatic carbocycles. The summed E-state index contributed by atoms with van der Waals surface area (Å²) in [4.78, 5) is 43.9. The Hall–Kier alpha value is -2.68. The second kappa shape index (κ2) is 6.56. The van der Waals surface area contributed by atoms with E-state index in [0.717, 1.165) is 15.2 Å². The van der Waals surface area contributed by atoms with Crippen molar-refractivity contribution in [3.05, 3.63) is 29.3 Å². The number of urea groups is 1. The normalized spacial score (nSPS) is 22.3. The molecular formula is C17H19N5O3S. The van der Waals surface area contributed by atoms with Crippen LogP contribution in [0.3, 0.4) is 0 Å². The number of para-hydroxylation sites is 1. The van der Waals surface area contributed by atoms with Crippen LogP contribution in [0.25, 0.3) is 10.2 Å². The van der Waals surface area contributed by atoms with Gasteiger partial charge in [0.1, 0.15) is 11.0 Å². The molecule has 2 unspecified atom stereocenters. The minimum Gasteiger partial charge on any atom is -0.345 e. The minimum atomic E-state index is -0.476. The molecule has 0 spiro atoms. The molecule has 8 nitrogen and oxygen atoms in total. The van der Waals surface area contributed by atoms with Crippen molar-refractivity contribution in [2.45, 2.75) is 25.0 Å². The summed E-state index contributed by atoms with van der Waals surface area (Å²) in [6.07, 6.45) is 0.443. The Morgan fingerprint density at radius 2 is 2.23 bits per heavy atom. The van der Waals surface area contributed by atoms with Gasteiger partial charge in [-0.15, -0.1) is 11.3 Å². The van der Waals surface area contributed by atoms with Crippen molar-refractivity contribution < 1.29 is 14.4 Å². The molecule has 2 saturated heterocycles. The van der Waals surface area contributed by atoms with Gasteiger partial charge in [0.05, 0.1) is 29.3 Å². The fourth-order valence-electron chi connectivity index (χ4n) is 3.39. The van der Waals surface area contributed by atoms with Crippen molar-refractivity contribution in [3.8, 4) is 0 Å². The van der Waals surface area contributed by atoms with E-state index in [4.69, 9.17) is 0 Å². The predicted octanol–water partition coefficient (Wildman–Crippen LogP) is 0.537. The molecule has 0 radical (unpaired) electrons. The van der Waals surface area contributed by atoms with Gasteiger partial charge in [-0.25, -0.2) is 9.78 Å². The van der Waals surface area contributed by atoms with Crippen LogP contribution in [0, 0.1) is 0 Å². The summed E-state index contributed by atoms with van der Waals surface area (Å²) < 4.78 is 1.09. The third-order valence-electron chi connectivity index (χ3n) is 4.72. The Morgan fingerprint density at radius 1 is 1.42 bits per heavy atom. The van der Waals surface area contributed by atoms with Crippen LogP contribution >= 0.6 is 11.3 Å². The summed E-state index contributed by atoms with van der Waals surface area (Å²) in [6, 6.07) is 6.93. The first-order chi connectivity index (χ1) is 12.5. The molecule has 4 amide bonds. The average Bonchev–Trinajstić information content (AvgIpc) is 3.22. The number of fused-ring (bicyclic) bond motifs is 2. The van der Waals surface area contributed by atoms with E-state index in [2.05, 4.69) is 15.6 Å². The summed E-state index contributed by atoms with van der Waals surface area (Å²) in [7, 11) is 1.71. The molecule has 1 aromatic heterocycles. The fourth-order valence-corrected chi connectivity index (χ4v) is 4.41. The maximum absolute atomic E-state index is 12.5. The van der Waals surface area contributed by atoms with Crippen LogP contribution in [0.2, 0.25) is 0 Å². The maximum Gasteiger partial charge on any atom is 0.317 e. The number of carbonyl (C=O) groups is 3. The molecule has 0 saturated carbocycles. The molecule has 2 atom stereocenters. The summed E-state index contributed by atoms with van der Waals surface area (Å²) >= 11 is 1.56. The first-order valence-electron chi connectivity index (χ1n) is 8.44. The number of amides is 4. The van der Waals surface area contributed by atoms with E-state index in [1.807, 2.05) is 24.3 Å². The van der Waals surface area contributed by atoms with Gasteiger partial charge in [0, 0.05) is 13.6 Å². The molecule has 136 valence electrons. The van der Waals surface area contributed by atoms with E-state index in [1.54, 1.807) is 28.2 Å². The van der Waals surface area contributed by atoms with Crippen molar-refractivity contribution in [1.82, 2.24) is 25.4 Å². The second-order valence-electron chi connectivity index (χ2n) is 6.59. The van der Waals surface area contributed by atoms with Gasteiger partial charge in [0.25, 0.3) is 0 Å². The molecule has 2 N–H and O–H groups in total. The lowest BCUT2D eigenvalue weighted by molar-refractivity contribution is -0.143. The van der Waals surface area contributed by atoms with Crippen molar-refractivity contribution >= 4 is 39.4 Å². The lowest BCUT2D eigenvalue weighted by Crippen LogP contribution is -2.55. The Labute approximate surface area is 154 Å². The van der Waals surface area contributed by atoms with E-state index in [0.29, 0.717) is 19.5 Å². The highest BCUT2D eigenvalue weighted by atomic mass is 32.1. The largest absolute Gasteiger partial charge is 0.345 e. The molecule has 2 fully saturated rings. The van der Waals surface area contributed by atoms with Gasteiger partial charge in [-0.05, 0) is 18.6 Å². The van der Waals surface area contributed by atoms with Crippen LogP contribution in [-0.4, -0.2) is 64.9 Å². The molecule has 9 heteroatoms. The van der Waals surface area contributed by atoms with Gasteiger partial charge in [0.15, 0.2) is 0 Å². The standard InChI is InChI=1S/C17H19N5O3S/c1-21(9-14-20-11-4-2-3-5-13(11)26-14)17(25)19-10-6-12-16(24)18-7-15(23)22(12)8-10/h2-5,10,12H,6-9H2,1H3,(H,18,24)(H,19,25). The first kappa shape index (κ1) is 16.8. The molecule has 4 rings (SSSR count). The predicted molar refractivity (Wildman–Crippen MR) is 96.5 cm³/mol. The lowest BCUT2D eigenvalue weighted by Gasteiger charge is -2.28. The highest BCUT2D eigenvalue weighted by Gasteiger charge is 2.42. The van der Waals surface area contributed by atoms with Crippen molar-refractivity contribution in [1.29, 1.82) is 0 Å². The topological polar surface area (TPSA) is 94.6 Å². The SMILES string of the molecule is CN(Cc1nc2ccccc2s1)C(=O)NC1CC2C(=O)NCC(=O)N2C1. The van der Waals surface area contributed by atoms with E-state index >= 15 is 0 Å². The van der Waals surface area contributed by atoms with Crippen LogP contribution in [0.15, 0.2) is 24.3 Å². The summed E-state index contributed by atoms with van der Waals surface area (Å²) in [5.74, 6) is -0.252. The van der Waals surface area contributed by atoms with Gasteiger partial charge >= 0.3 is 6.03 Å². The molecule has 0 aliphatic carbocycles. The number of carbonyl (C=O) groups excluding carboxylic acids is 3. The highest BCUT2D eigenvalue weighted by molar-refractivity contribution is 7.18. The quantitative estimate of drug-likeness (QED) is 0.821. The van der Waals surface area contributed by atoms with Gasteiger partial charge in [0.2, 0.25) is 11.8 Å². The summed E-state index contributed by atoms with van der Waals surface area (Å²) in [5.41, 5.74) is 0.929. The van der Waals surface area contributed by atoms with Gasteiger partial charge in [-0.1, -0.05) is 12.1 Å². The number of rotatable bonds is 3. The molecule has 3 heterocycles. The molecule has 2 aromatic rings. The molecule has 0 bridgehead atoms. The second-order valence-corrected chi connectivity index (χ2v) is 7.71. The van der Waals surface area contributed by atoms with Crippen molar-refractivity contribution in [3.63, 3.8) is 0 Å². The van der Waals surface area contributed by atoms with E-state index in [1.165, 1.54) is 0 Å². The van der Waals surface area contributed by atoms with Crippen molar-refractivity contribution in [2.24, 2.45) is 0 Å². The highest BCUT2D eigenvalue weighted by Crippen LogP contribution is 2.23. The Bertz CT molecular complexity index is 825. The molecule has 2 aliphatic rings. The fraction of sp³-hybridized carbons (Fsp3) is 0.412. The molecule has 2 aliphatic heterocycles. The third-order valence-corrected chi connectivity index (χ3v) is 5.74. The third kappa shape index (κ3) is 3.10. The first-order valence-corrected chi connectivity index (χ1v) is 9.26. The Kier molecular flexibility index (Phi) is 4.23. The number of thiazole rings is 1. The van der Waals surface area contributed by atoms with E-state index in [-0.39, 0.29) is 30.4 Å². The number of benzene rings is 1. The number of nitrogens with zero attached hydrogens (tertiary/aromatic N) is 3. The number of nitrogens with one attached hydrogen (secondary N) is 2. The molecular weight excluding hydrogens is 354 g/mol. The monoisotopic (exact) mass is 373 g/mol. The average molecular weight is 373 g/mol. The summed E-state index contributed by atoms with van der Waals surface area (Å²) in [6.45, 7) is 0.815. The Balaban J connectivity index is 1.37. The number of hydrogen-bond donors (Lipinski definition) is 2. The van der Waals surface area contributed by atoms with Crippen LogP contribution < -0.4 is 10.6 Å². The Morgan fingerprint density at radius 3 is 3.00 bits per heavy atom. The van der Waals surface area contributed by atoms with Crippen LogP contribution in [-0.2, 0) is 16.1 Å². The zero-order valence-corrected chi connectivity index (χ0v) is 15.1. The minimum absolute atomic E-state index is 0.0352. The smallest absolute Gasteiger partial charge is 0.317 e. The number of aromatic nitrogens is 1. The van der Waals surface area contributed by atoms with Crippen LogP contribution in [0.4, 0.5) is 4.79 Å². The number of piperazine rings is 1.